The van der Waals surface area contributed by atoms with Crippen molar-refractivity contribution in [1.82, 2.24) is 0 Å². The predicted molar refractivity (Wildman–Crippen MR) is 51.3 cm³/mol. The molecule has 0 heterocycles. The van der Waals surface area contributed by atoms with Gasteiger partial charge in [0.05, 0.1) is 6.61 Å². The smallest absolute Gasteiger partial charge is 0.138 e. The molecule has 0 fully saturated rings. The van der Waals surface area contributed by atoms with E-state index in [0.717, 1.165) is 0 Å². The summed E-state index contributed by atoms with van der Waals surface area (Å²) in [4.78, 5) is 39.8. The summed E-state index contributed by atoms with van der Waals surface area (Å²) in [5.74, 6) is 0. The second-order valence-electron chi connectivity index (χ2n) is 2.65. The van der Waals surface area contributed by atoms with Crippen LogP contribution < -0.4 is 0 Å². The highest BCUT2D eigenvalue weighted by atomic mass is 16.5. The van der Waals surface area contributed by atoms with E-state index in [1.165, 1.54) is 0 Å². The highest BCUT2D eigenvalue weighted by Crippen LogP contribution is 1.99. The van der Waals surface area contributed by atoms with Gasteiger partial charge in [0.15, 0.2) is 0 Å². The van der Waals surface area contributed by atoms with E-state index in [-0.39, 0.29) is 26.2 Å². The highest BCUT2D eigenvalue weighted by molar-refractivity contribution is 4.70. The van der Waals surface area contributed by atoms with Crippen molar-refractivity contribution >= 4 is 0 Å². The van der Waals surface area contributed by atoms with E-state index in [1.54, 1.807) is 0 Å². The fourth-order valence-corrected chi connectivity index (χ4v) is 0.779. The molecule has 9 heteroatoms. The predicted octanol–water partition coefficient (Wildman–Crippen LogP) is 0.806. The first-order valence-corrected chi connectivity index (χ1v) is 4.09. The Morgan fingerprint density at radius 3 is 1.80 bits per heavy atom. The molecule has 1 atom stereocenters. The molecule has 0 spiro atoms. The first-order chi connectivity index (χ1) is 7.28. The van der Waals surface area contributed by atoms with Crippen molar-refractivity contribution in [2.75, 3.05) is 26.2 Å². The molecule has 0 N–H and O–H groups in total. The van der Waals surface area contributed by atoms with Crippen LogP contribution in [-0.4, -0.2) is 38.4 Å². The number of nitroso groups, excluding NO2 is 4. The second-order valence-corrected chi connectivity index (χ2v) is 2.65. The van der Waals surface area contributed by atoms with Crippen molar-refractivity contribution in [1.29, 1.82) is 0 Å². The summed E-state index contributed by atoms with van der Waals surface area (Å²) in [6.45, 7) is -0.984. The Kier molecular flexibility index (Phi) is 7.96. The van der Waals surface area contributed by atoms with Gasteiger partial charge >= 0.3 is 0 Å². The molecule has 1 unspecified atom stereocenters. The van der Waals surface area contributed by atoms with Gasteiger partial charge < -0.3 is 4.74 Å². The maximum atomic E-state index is 10.1. The average molecular weight is 218 g/mol. The summed E-state index contributed by atoms with van der Waals surface area (Å²) >= 11 is 0. The third-order valence-corrected chi connectivity index (χ3v) is 1.52. The van der Waals surface area contributed by atoms with E-state index in [2.05, 4.69) is 20.7 Å². The minimum absolute atomic E-state index is 0.190. The lowest BCUT2D eigenvalue weighted by atomic mass is 10.3. The molecule has 0 bridgehead atoms. The van der Waals surface area contributed by atoms with Gasteiger partial charge in [-0.25, -0.2) is 0 Å². The fourth-order valence-electron chi connectivity index (χ4n) is 0.779. The number of ether oxygens (including phenoxy) is 1. The monoisotopic (exact) mass is 218 g/mol. The van der Waals surface area contributed by atoms with Crippen molar-refractivity contribution < 1.29 is 4.74 Å². The van der Waals surface area contributed by atoms with Crippen LogP contribution in [0.2, 0.25) is 0 Å². The van der Waals surface area contributed by atoms with Crippen LogP contribution in [0.1, 0.15) is 0 Å². The van der Waals surface area contributed by atoms with E-state index in [4.69, 9.17) is 4.74 Å². The minimum atomic E-state index is -0.914. The summed E-state index contributed by atoms with van der Waals surface area (Å²) in [5.41, 5.74) is 0. The molecule has 0 aromatic heterocycles. The summed E-state index contributed by atoms with van der Waals surface area (Å²) in [7, 11) is 0. The van der Waals surface area contributed by atoms with Gasteiger partial charge in [-0.2, -0.15) is 19.6 Å². The lowest BCUT2D eigenvalue weighted by Crippen LogP contribution is -2.26. The van der Waals surface area contributed by atoms with Gasteiger partial charge in [0.25, 0.3) is 0 Å². The minimum Gasteiger partial charge on any atom is -0.372 e. The molecular formula is C6H10N4O5. The van der Waals surface area contributed by atoms with Crippen LogP contribution >= 0.6 is 0 Å². The van der Waals surface area contributed by atoms with Gasteiger partial charge in [-0.15, -0.1) is 0 Å². The molecule has 0 aliphatic carbocycles. The normalized spacial score (nSPS) is 12.1. The topological polar surface area (TPSA) is 127 Å². The molecule has 0 aliphatic rings. The molecule has 0 aromatic carbocycles. The van der Waals surface area contributed by atoms with E-state index in [0.29, 0.717) is 0 Å². The Bertz CT molecular complexity index is 214. The van der Waals surface area contributed by atoms with Crippen LogP contribution in [0.3, 0.4) is 0 Å². The molecule has 0 aromatic rings. The van der Waals surface area contributed by atoms with Crippen molar-refractivity contribution in [3.63, 3.8) is 0 Å². The molecule has 84 valence electrons. The van der Waals surface area contributed by atoms with Gasteiger partial charge in [0.1, 0.15) is 31.8 Å². The van der Waals surface area contributed by atoms with Crippen LogP contribution in [0.4, 0.5) is 0 Å². The third kappa shape index (κ3) is 6.43. The van der Waals surface area contributed by atoms with Crippen LogP contribution in [0, 0.1) is 19.6 Å². The molecule has 15 heavy (non-hydrogen) atoms. The first kappa shape index (κ1) is 13.4. The lowest BCUT2D eigenvalue weighted by Gasteiger charge is -2.12. The summed E-state index contributed by atoms with van der Waals surface area (Å²) in [6, 6.07) is -0.914. The van der Waals surface area contributed by atoms with E-state index >= 15 is 0 Å². The number of rotatable bonds is 10. The largest absolute Gasteiger partial charge is 0.372 e. The molecule has 0 amide bonds. The van der Waals surface area contributed by atoms with Crippen molar-refractivity contribution in [2.24, 2.45) is 20.7 Å². The third-order valence-electron chi connectivity index (χ3n) is 1.52. The van der Waals surface area contributed by atoms with Crippen LogP contribution in [-0.2, 0) is 4.74 Å². The molecule has 0 radical (unpaired) electrons. The van der Waals surface area contributed by atoms with E-state index in [1.807, 2.05) is 0 Å². The zero-order chi connectivity index (χ0) is 11.5. The summed E-state index contributed by atoms with van der Waals surface area (Å²) in [6.07, 6.45) is -0.782. The average Bonchev–Trinajstić information content (AvgIpc) is 2.24. The van der Waals surface area contributed by atoms with Gasteiger partial charge in [-0.1, -0.05) is 20.7 Å². The first-order valence-electron chi connectivity index (χ1n) is 4.09. The van der Waals surface area contributed by atoms with Crippen LogP contribution in [0.5, 0.6) is 0 Å². The van der Waals surface area contributed by atoms with Gasteiger partial charge in [-0.05, 0) is 0 Å². The lowest BCUT2D eigenvalue weighted by molar-refractivity contribution is 0.0570. The number of hydrogen-bond acceptors (Lipinski definition) is 9. The maximum Gasteiger partial charge on any atom is 0.138 e. The molecule has 0 saturated carbocycles. The quantitative estimate of drug-likeness (QED) is 0.501. The fraction of sp³-hybridized carbons (Fsp3) is 1.00. The van der Waals surface area contributed by atoms with E-state index in [9.17, 15) is 19.6 Å². The number of nitrogens with zero attached hydrogens (tertiary/aromatic N) is 4. The van der Waals surface area contributed by atoms with Crippen LogP contribution in [0.15, 0.2) is 20.7 Å². The molecule has 9 nitrogen and oxygen atoms in total. The molecule has 0 rings (SSSR count). The molecule has 0 saturated heterocycles. The SMILES string of the molecule is O=NCC(COC(CN=O)CN=O)N=O. The Labute approximate surface area is 84.5 Å². The molecule has 0 aliphatic heterocycles. The van der Waals surface area contributed by atoms with Gasteiger partial charge in [0, 0.05) is 0 Å². The maximum absolute atomic E-state index is 10.1. The second kappa shape index (κ2) is 8.94. The Balaban J connectivity index is 3.93. The van der Waals surface area contributed by atoms with E-state index < -0.39 is 12.1 Å². The molecular weight excluding hydrogens is 208 g/mol. The zero-order valence-corrected chi connectivity index (χ0v) is 7.81. The Hall–Kier alpha value is -1.64. The standard InChI is InChI=1S/C6H10N4O5/c11-7-1-5(10-14)4-15-6(2-8-12)3-9-13/h5-6H,1-4H2. The van der Waals surface area contributed by atoms with Crippen molar-refractivity contribution in [3.8, 4) is 0 Å². The van der Waals surface area contributed by atoms with Crippen molar-refractivity contribution in [2.45, 2.75) is 12.1 Å². The van der Waals surface area contributed by atoms with Gasteiger partial charge in [0.2, 0.25) is 0 Å². The van der Waals surface area contributed by atoms with Crippen molar-refractivity contribution in [3.05, 3.63) is 19.6 Å². The van der Waals surface area contributed by atoms with Gasteiger partial charge in [-0.3, -0.25) is 0 Å². The Morgan fingerprint density at radius 2 is 1.40 bits per heavy atom. The highest BCUT2D eigenvalue weighted by Gasteiger charge is 2.15. The Morgan fingerprint density at radius 1 is 0.867 bits per heavy atom. The number of hydrogen-bond donors (Lipinski definition) is 0. The zero-order valence-electron chi connectivity index (χ0n) is 7.81. The summed E-state index contributed by atoms with van der Waals surface area (Å²) < 4.78 is 4.95. The van der Waals surface area contributed by atoms with Crippen LogP contribution in [0.25, 0.3) is 0 Å². The summed E-state index contributed by atoms with van der Waals surface area (Å²) in [5, 5.41) is 10.1.